The highest BCUT2D eigenvalue weighted by Crippen LogP contribution is 2.50. The normalized spacial score (nSPS) is 20.2. The van der Waals surface area contributed by atoms with Crippen LogP contribution in [-0.4, -0.2) is 10.7 Å². The molecule has 0 unspecified atom stereocenters. The number of halogens is 3. The zero-order valence-electron chi connectivity index (χ0n) is 14.6. The average Bonchev–Trinajstić information content (AvgIpc) is 3.15. The predicted octanol–water partition coefficient (Wildman–Crippen LogP) is 7.00. The molecule has 2 atom stereocenters. The van der Waals surface area contributed by atoms with Crippen LogP contribution >= 0.6 is 39.1 Å². The topological polar surface area (TPSA) is 24.8 Å². The summed E-state index contributed by atoms with van der Waals surface area (Å²) in [7, 11) is 0. The van der Waals surface area contributed by atoms with E-state index in [1.54, 1.807) is 6.07 Å². The first-order valence-electron chi connectivity index (χ1n) is 8.92. The van der Waals surface area contributed by atoms with Crippen LogP contribution in [0.2, 0.25) is 10.0 Å². The summed E-state index contributed by atoms with van der Waals surface area (Å²) in [6, 6.07) is 22.0. The van der Waals surface area contributed by atoms with Gasteiger partial charge in [0, 0.05) is 27.0 Å². The molecule has 2 heterocycles. The van der Waals surface area contributed by atoms with Gasteiger partial charge >= 0.3 is 0 Å². The molecule has 0 aromatic heterocycles. The minimum atomic E-state index is -0.356. The van der Waals surface area contributed by atoms with E-state index in [2.05, 4.69) is 28.1 Å². The second-order valence-electron chi connectivity index (χ2n) is 6.84. The van der Waals surface area contributed by atoms with Crippen LogP contribution in [0.5, 0.6) is 5.75 Å². The summed E-state index contributed by atoms with van der Waals surface area (Å²) in [5.74, 6) is 0.685. The molecular weight excluding hydrogens is 459 g/mol. The smallest absolute Gasteiger partial charge is 0.213 e. The van der Waals surface area contributed by atoms with E-state index in [-0.39, 0.29) is 12.3 Å². The van der Waals surface area contributed by atoms with Gasteiger partial charge in [-0.3, -0.25) is 0 Å². The Hall–Kier alpha value is -2.01. The van der Waals surface area contributed by atoms with Crippen molar-refractivity contribution in [2.75, 3.05) is 0 Å². The third kappa shape index (κ3) is 3.10. The van der Waals surface area contributed by atoms with Crippen LogP contribution in [0.15, 0.2) is 76.3 Å². The lowest BCUT2D eigenvalue weighted by atomic mass is 9.96. The first kappa shape index (κ1) is 18.0. The molecule has 3 aromatic carbocycles. The molecule has 0 amide bonds. The Morgan fingerprint density at radius 3 is 2.50 bits per heavy atom. The molecule has 0 radical (unpaired) electrons. The first-order chi connectivity index (χ1) is 13.6. The van der Waals surface area contributed by atoms with Crippen LogP contribution in [0.1, 0.15) is 35.4 Å². The molecule has 0 fully saturated rings. The van der Waals surface area contributed by atoms with E-state index in [0.717, 1.165) is 33.3 Å². The maximum Gasteiger partial charge on any atom is 0.213 e. The minimum absolute atomic E-state index is 0.0174. The van der Waals surface area contributed by atoms with Gasteiger partial charge in [0.25, 0.3) is 0 Å². The summed E-state index contributed by atoms with van der Waals surface area (Å²) < 4.78 is 7.37. The summed E-state index contributed by atoms with van der Waals surface area (Å²) in [5.41, 5.74) is 4.13. The Kier molecular flexibility index (Phi) is 4.58. The van der Waals surface area contributed by atoms with E-state index in [1.165, 1.54) is 0 Å². The number of ether oxygens (including phenoxy) is 1. The molecule has 6 heteroatoms. The van der Waals surface area contributed by atoms with Gasteiger partial charge in [0.2, 0.25) is 6.23 Å². The van der Waals surface area contributed by atoms with Gasteiger partial charge in [-0.2, -0.15) is 5.10 Å². The number of benzene rings is 3. The van der Waals surface area contributed by atoms with Crippen molar-refractivity contribution in [2.24, 2.45) is 5.10 Å². The lowest BCUT2D eigenvalue weighted by Gasteiger charge is -2.38. The van der Waals surface area contributed by atoms with E-state index in [4.69, 9.17) is 33.0 Å². The molecule has 0 aliphatic carbocycles. The molecular formula is C22H15BrCl2N2O. The van der Waals surface area contributed by atoms with E-state index in [0.29, 0.717) is 15.8 Å². The minimum Gasteiger partial charge on any atom is -0.463 e. The third-order valence-electron chi connectivity index (χ3n) is 5.07. The van der Waals surface area contributed by atoms with Crippen molar-refractivity contribution in [3.05, 3.63) is 97.9 Å². The fourth-order valence-electron chi connectivity index (χ4n) is 3.77. The van der Waals surface area contributed by atoms with E-state index < -0.39 is 0 Å². The molecule has 3 aromatic rings. The Bertz CT molecular complexity index is 1070. The highest BCUT2D eigenvalue weighted by atomic mass is 79.9. The standard InChI is InChI=1S/C22H15BrCl2N2O/c23-15-8-6-14(7-9-15)22-27-20(12-19(26-27)13-4-2-1-3-5-13)17-10-16(24)11-18(25)21(17)28-22/h1-11,20,22H,12H2/t20-,22+/m0/s1. The van der Waals surface area contributed by atoms with Gasteiger partial charge in [-0.15, -0.1) is 0 Å². The van der Waals surface area contributed by atoms with Crippen molar-refractivity contribution in [1.82, 2.24) is 5.01 Å². The predicted molar refractivity (Wildman–Crippen MR) is 116 cm³/mol. The highest BCUT2D eigenvalue weighted by molar-refractivity contribution is 9.10. The number of nitrogens with zero attached hydrogens (tertiary/aromatic N) is 2. The van der Waals surface area contributed by atoms with Crippen molar-refractivity contribution in [2.45, 2.75) is 18.7 Å². The van der Waals surface area contributed by atoms with Crippen LogP contribution in [0, 0.1) is 0 Å². The average molecular weight is 474 g/mol. The number of hydrazone groups is 1. The Morgan fingerprint density at radius 1 is 1.00 bits per heavy atom. The van der Waals surface area contributed by atoms with E-state index in [1.807, 2.05) is 53.5 Å². The van der Waals surface area contributed by atoms with Crippen LogP contribution in [0.25, 0.3) is 0 Å². The molecule has 2 aliphatic rings. The van der Waals surface area contributed by atoms with Gasteiger partial charge in [-0.25, -0.2) is 5.01 Å². The molecule has 3 nitrogen and oxygen atoms in total. The lowest BCUT2D eigenvalue weighted by Crippen LogP contribution is -2.33. The highest BCUT2D eigenvalue weighted by Gasteiger charge is 2.42. The van der Waals surface area contributed by atoms with Gasteiger partial charge in [-0.1, -0.05) is 81.6 Å². The summed E-state index contributed by atoms with van der Waals surface area (Å²) in [4.78, 5) is 0. The summed E-state index contributed by atoms with van der Waals surface area (Å²) in [6.45, 7) is 0. The molecule has 0 spiro atoms. The summed E-state index contributed by atoms with van der Waals surface area (Å²) >= 11 is 16.3. The maximum absolute atomic E-state index is 6.50. The number of fused-ring (bicyclic) bond motifs is 3. The lowest BCUT2D eigenvalue weighted by molar-refractivity contribution is -0.0189. The first-order valence-corrected chi connectivity index (χ1v) is 10.5. The zero-order valence-corrected chi connectivity index (χ0v) is 17.7. The molecule has 2 aliphatic heterocycles. The van der Waals surface area contributed by atoms with Crippen LogP contribution in [0.4, 0.5) is 0 Å². The van der Waals surface area contributed by atoms with E-state index >= 15 is 0 Å². The van der Waals surface area contributed by atoms with E-state index in [9.17, 15) is 0 Å². The quantitative estimate of drug-likeness (QED) is 0.400. The molecule has 0 N–H and O–H groups in total. The van der Waals surface area contributed by atoms with Gasteiger partial charge in [0.15, 0.2) is 0 Å². The Balaban J connectivity index is 1.63. The number of hydrogen-bond donors (Lipinski definition) is 0. The van der Waals surface area contributed by atoms with Crippen molar-refractivity contribution in [1.29, 1.82) is 0 Å². The van der Waals surface area contributed by atoms with Crippen LogP contribution in [0.3, 0.4) is 0 Å². The zero-order chi connectivity index (χ0) is 19.3. The summed E-state index contributed by atoms with van der Waals surface area (Å²) in [6.07, 6.45) is 0.412. The summed E-state index contributed by atoms with van der Waals surface area (Å²) in [5, 5.41) is 8.10. The monoisotopic (exact) mass is 472 g/mol. The number of hydrogen-bond acceptors (Lipinski definition) is 3. The second kappa shape index (κ2) is 7.11. The molecule has 28 heavy (non-hydrogen) atoms. The molecule has 0 bridgehead atoms. The van der Waals surface area contributed by atoms with Crippen LogP contribution < -0.4 is 4.74 Å². The Labute approximate surface area is 181 Å². The van der Waals surface area contributed by atoms with Crippen molar-refractivity contribution in [3.8, 4) is 5.75 Å². The second-order valence-corrected chi connectivity index (χ2v) is 8.60. The van der Waals surface area contributed by atoms with Gasteiger partial charge in [0.1, 0.15) is 5.75 Å². The Morgan fingerprint density at radius 2 is 1.75 bits per heavy atom. The molecule has 140 valence electrons. The number of rotatable bonds is 2. The molecule has 0 saturated carbocycles. The molecule has 5 rings (SSSR count). The van der Waals surface area contributed by atoms with Crippen molar-refractivity contribution < 1.29 is 4.74 Å². The van der Waals surface area contributed by atoms with Crippen molar-refractivity contribution in [3.63, 3.8) is 0 Å². The van der Waals surface area contributed by atoms with Gasteiger partial charge in [0.05, 0.1) is 16.8 Å². The van der Waals surface area contributed by atoms with Gasteiger partial charge in [-0.05, 0) is 29.8 Å². The van der Waals surface area contributed by atoms with Gasteiger partial charge < -0.3 is 4.74 Å². The third-order valence-corrected chi connectivity index (χ3v) is 6.10. The van der Waals surface area contributed by atoms with Crippen LogP contribution in [-0.2, 0) is 0 Å². The molecule has 0 saturated heterocycles. The maximum atomic E-state index is 6.50. The fourth-order valence-corrected chi connectivity index (χ4v) is 4.59. The SMILES string of the molecule is Clc1cc(Cl)c2c(c1)[C@@H]1CC(c3ccccc3)=NN1[C@@H](c1ccc(Br)cc1)O2. The largest absolute Gasteiger partial charge is 0.463 e. The fraction of sp³-hybridized carbons (Fsp3) is 0.136. The van der Waals surface area contributed by atoms with Crippen molar-refractivity contribution >= 4 is 44.8 Å².